The minimum Gasteiger partial charge on any atom is -0.382 e. The Morgan fingerprint density at radius 2 is 1.75 bits per heavy atom. The highest BCUT2D eigenvalue weighted by molar-refractivity contribution is 6.01. The van der Waals surface area contributed by atoms with Crippen LogP contribution in [0.2, 0.25) is 0 Å². The van der Waals surface area contributed by atoms with Crippen LogP contribution in [0.15, 0.2) is 0 Å². The van der Waals surface area contributed by atoms with E-state index in [9.17, 15) is 9.59 Å². The van der Waals surface area contributed by atoms with Crippen LogP contribution in [0.5, 0.6) is 0 Å². The number of hydrogen-bond acceptors (Lipinski definition) is 3. The lowest BCUT2D eigenvalue weighted by Crippen LogP contribution is -2.54. The number of methoxy groups -OCH3 is 1. The monoisotopic (exact) mass is 231 g/mol. The Morgan fingerprint density at radius 1 is 1.25 bits per heavy atom. The second-order valence-corrected chi connectivity index (χ2v) is 3.43. The molecule has 0 radical (unpaired) electrons. The molecule has 1 rings (SSSR count). The summed E-state index contributed by atoms with van der Waals surface area (Å²) in [6.07, 6.45) is 0.381. The van der Waals surface area contributed by atoms with Crippen molar-refractivity contribution in [1.82, 2.24) is 5.32 Å². The van der Waals surface area contributed by atoms with E-state index < -0.39 is 5.54 Å². The fourth-order valence-electron chi connectivity index (χ4n) is 1.51. The van der Waals surface area contributed by atoms with E-state index >= 15 is 0 Å². The summed E-state index contributed by atoms with van der Waals surface area (Å²) in [5, 5.41) is 2.74. The maximum Gasteiger partial charge on any atom is 0.227 e. The van der Waals surface area contributed by atoms with Crippen molar-refractivity contribution in [3.05, 3.63) is 0 Å². The molecule has 1 saturated heterocycles. The van der Waals surface area contributed by atoms with Gasteiger partial charge in [0.15, 0.2) is 0 Å². The molecule has 0 aromatic rings. The normalized spacial score (nSPS) is 23.4. The Kier molecular flexibility index (Phi) is 10.2. The molecule has 0 aliphatic carbocycles. The highest BCUT2D eigenvalue weighted by Crippen LogP contribution is 2.16. The van der Waals surface area contributed by atoms with Gasteiger partial charge in [0.1, 0.15) is 5.78 Å². The molecule has 0 aromatic heterocycles. The Labute approximate surface area is 98.7 Å². The molecule has 0 bridgehead atoms. The van der Waals surface area contributed by atoms with Crippen molar-refractivity contribution in [2.24, 2.45) is 0 Å². The molecule has 0 aromatic carbocycles. The number of carbonyl (C=O) groups is 2. The van der Waals surface area contributed by atoms with Gasteiger partial charge in [-0.15, -0.1) is 0 Å². The Hall–Kier alpha value is -0.900. The summed E-state index contributed by atoms with van der Waals surface area (Å²) < 4.78 is 4.91. The van der Waals surface area contributed by atoms with Crippen LogP contribution in [0.1, 0.15) is 47.5 Å². The quantitative estimate of drug-likeness (QED) is 0.739. The second kappa shape index (κ2) is 9.33. The Bertz CT molecular complexity index is 198. The SMILES string of the molecule is CC.CC.COCC1(C)CC(=O)CC(=O)N1. The number of rotatable bonds is 2. The van der Waals surface area contributed by atoms with Crippen molar-refractivity contribution in [2.45, 2.75) is 53.0 Å². The van der Waals surface area contributed by atoms with Gasteiger partial charge in [-0.1, -0.05) is 27.7 Å². The van der Waals surface area contributed by atoms with E-state index in [0.29, 0.717) is 13.0 Å². The van der Waals surface area contributed by atoms with Crippen molar-refractivity contribution in [2.75, 3.05) is 13.7 Å². The molecule has 1 unspecified atom stereocenters. The number of ether oxygens (including phenoxy) is 1. The third-order valence-corrected chi connectivity index (χ3v) is 1.85. The number of amides is 1. The number of ketones is 1. The van der Waals surface area contributed by atoms with Crippen LogP contribution in [0, 0.1) is 0 Å². The van der Waals surface area contributed by atoms with Crippen LogP contribution in [-0.2, 0) is 14.3 Å². The van der Waals surface area contributed by atoms with Crippen LogP contribution in [0.3, 0.4) is 0 Å². The molecule has 4 heteroatoms. The first-order valence-electron chi connectivity index (χ1n) is 5.87. The summed E-state index contributed by atoms with van der Waals surface area (Å²) in [6.45, 7) is 10.2. The number of Topliss-reactive ketones (excluding diaryl/α,β-unsaturated/α-hetero) is 1. The molecule has 1 N–H and O–H groups in total. The maximum atomic E-state index is 11.0. The molecule has 0 spiro atoms. The van der Waals surface area contributed by atoms with E-state index in [1.807, 2.05) is 34.6 Å². The van der Waals surface area contributed by atoms with Gasteiger partial charge in [0.2, 0.25) is 5.91 Å². The van der Waals surface area contributed by atoms with E-state index in [2.05, 4.69) is 5.32 Å². The van der Waals surface area contributed by atoms with Gasteiger partial charge in [-0.2, -0.15) is 0 Å². The van der Waals surface area contributed by atoms with Crippen LogP contribution < -0.4 is 5.32 Å². The van der Waals surface area contributed by atoms with Crippen molar-refractivity contribution < 1.29 is 14.3 Å². The number of carbonyl (C=O) groups excluding carboxylic acids is 2. The van der Waals surface area contributed by atoms with Crippen LogP contribution in [0.25, 0.3) is 0 Å². The molecular formula is C12H25NO3. The second-order valence-electron chi connectivity index (χ2n) is 3.43. The summed E-state index contributed by atoms with van der Waals surface area (Å²) in [5.74, 6) is -0.218. The lowest BCUT2D eigenvalue weighted by Gasteiger charge is -2.32. The van der Waals surface area contributed by atoms with Gasteiger partial charge in [-0.05, 0) is 6.92 Å². The summed E-state index contributed by atoms with van der Waals surface area (Å²) in [4.78, 5) is 22.0. The molecular weight excluding hydrogens is 206 g/mol. The standard InChI is InChI=1S/C8H13NO3.2C2H6/c1-8(5-12-2)4-6(10)3-7(11)9-8;2*1-2/h3-5H2,1-2H3,(H,9,11);2*1-2H3. The van der Waals surface area contributed by atoms with E-state index in [1.165, 1.54) is 0 Å². The first-order valence-corrected chi connectivity index (χ1v) is 5.87. The molecule has 4 nitrogen and oxygen atoms in total. The fourth-order valence-corrected chi connectivity index (χ4v) is 1.51. The summed E-state index contributed by atoms with van der Waals surface area (Å²) in [6, 6.07) is 0. The zero-order chi connectivity index (χ0) is 13.2. The molecule has 96 valence electrons. The summed E-state index contributed by atoms with van der Waals surface area (Å²) in [5.41, 5.74) is -0.499. The largest absolute Gasteiger partial charge is 0.382 e. The average molecular weight is 231 g/mol. The van der Waals surface area contributed by atoms with Gasteiger partial charge in [-0.25, -0.2) is 0 Å². The fraction of sp³-hybridized carbons (Fsp3) is 0.833. The third kappa shape index (κ3) is 6.56. The van der Waals surface area contributed by atoms with Gasteiger partial charge in [0.05, 0.1) is 18.6 Å². The van der Waals surface area contributed by atoms with Crippen LogP contribution in [-0.4, -0.2) is 30.9 Å². The zero-order valence-corrected chi connectivity index (χ0v) is 11.3. The zero-order valence-electron chi connectivity index (χ0n) is 11.3. The topological polar surface area (TPSA) is 55.4 Å². The minimum atomic E-state index is -0.499. The van der Waals surface area contributed by atoms with Gasteiger partial charge >= 0.3 is 0 Å². The van der Waals surface area contributed by atoms with E-state index in [1.54, 1.807) is 7.11 Å². The molecule has 1 amide bonds. The molecule has 1 fully saturated rings. The van der Waals surface area contributed by atoms with Crippen molar-refractivity contribution >= 4 is 11.7 Å². The summed E-state index contributed by atoms with van der Waals surface area (Å²) >= 11 is 0. The van der Waals surface area contributed by atoms with Crippen LogP contribution in [0.4, 0.5) is 0 Å². The predicted molar refractivity (Wildman–Crippen MR) is 65.4 cm³/mol. The number of nitrogens with one attached hydrogen (secondary N) is 1. The maximum absolute atomic E-state index is 11.0. The Morgan fingerprint density at radius 3 is 2.12 bits per heavy atom. The van der Waals surface area contributed by atoms with E-state index in [-0.39, 0.29) is 18.1 Å². The summed E-state index contributed by atoms with van der Waals surface area (Å²) in [7, 11) is 1.55. The lowest BCUT2D eigenvalue weighted by molar-refractivity contribution is -0.135. The smallest absolute Gasteiger partial charge is 0.227 e. The van der Waals surface area contributed by atoms with Gasteiger partial charge in [0, 0.05) is 13.5 Å². The highest BCUT2D eigenvalue weighted by atomic mass is 16.5. The third-order valence-electron chi connectivity index (χ3n) is 1.85. The van der Waals surface area contributed by atoms with E-state index in [4.69, 9.17) is 4.74 Å². The highest BCUT2D eigenvalue weighted by Gasteiger charge is 2.34. The molecule has 1 atom stereocenters. The molecule has 0 saturated carbocycles. The number of piperidine rings is 1. The Balaban J connectivity index is 0. The molecule has 1 heterocycles. The predicted octanol–water partition coefficient (Wildman–Crippen LogP) is 1.92. The van der Waals surface area contributed by atoms with Gasteiger partial charge < -0.3 is 10.1 Å². The van der Waals surface area contributed by atoms with Gasteiger partial charge in [0.25, 0.3) is 0 Å². The van der Waals surface area contributed by atoms with Crippen LogP contribution >= 0.6 is 0 Å². The van der Waals surface area contributed by atoms with E-state index in [0.717, 1.165) is 0 Å². The average Bonchev–Trinajstić information content (AvgIpc) is 2.21. The molecule has 1 aliphatic rings. The molecule has 1 aliphatic heterocycles. The van der Waals surface area contributed by atoms with Gasteiger partial charge in [-0.3, -0.25) is 9.59 Å². The first-order chi connectivity index (χ1) is 7.56. The van der Waals surface area contributed by atoms with Crippen molar-refractivity contribution in [1.29, 1.82) is 0 Å². The van der Waals surface area contributed by atoms with Crippen molar-refractivity contribution in [3.8, 4) is 0 Å². The minimum absolute atomic E-state index is 0.0132. The van der Waals surface area contributed by atoms with Crippen molar-refractivity contribution in [3.63, 3.8) is 0 Å². The molecule has 16 heavy (non-hydrogen) atoms. The number of hydrogen-bond donors (Lipinski definition) is 1. The lowest BCUT2D eigenvalue weighted by atomic mass is 9.91. The first kappa shape index (κ1) is 17.5.